The van der Waals surface area contributed by atoms with E-state index in [0.29, 0.717) is 23.6 Å². The average molecular weight is 350 g/mol. The molecule has 1 fully saturated rings. The van der Waals surface area contributed by atoms with Crippen LogP contribution in [-0.4, -0.2) is 23.7 Å². The molecule has 0 saturated carbocycles. The lowest BCUT2D eigenvalue weighted by molar-refractivity contribution is -0.130. The molecule has 24 heavy (non-hydrogen) atoms. The first kappa shape index (κ1) is 18.7. The van der Waals surface area contributed by atoms with Crippen LogP contribution >= 0.6 is 12.2 Å². The number of hydrogen-bond acceptors (Lipinski definition) is 3. The van der Waals surface area contributed by atoms with Gasteiger partial charge in [0.25, 0.3) is 5.91 Å². The van der Waals surface area contributed by atoms with Gasteiger partial charge in [-0.05, 0) is 48.0 Å². The Bertz CT molecular complexity index is 570. The molecular formula is C18H27N3O2S. The van der Waals surface area contributed by atoms with Gasteiger partial charge in [0.1, 0.15) is 6.10 Å². The zero-order chi connectivity index (χ0) is 17.7. The summed E-state index contributed by atoms with van der Waals surface area (Å²) < 4.78 is 5.35. The van der Waals surface area contributed by atoms with Gasteiger partial charge in [-0.2, -0.15) is 0 Å². The molecule has 0 aromatic heterocycles. The Morgan fingerprint density at radius 1 is 1.17 bits per heavy atom. The maximum absolute atomic E-state index is 12.0. The van der Waals surface area contributed by atoms with E-state index in [0.717, 1.165) is 18.5 Å². The van der Waals surface area contributed by atoms with Crippen molar-refractivity contribution in [1.82, 2.24) is 10.9 Å². The molecule has 1 saturated heterocycles. The van der Waals surface area contributed by atoms with Crippen molar-refractivity contribution >= 4 is 28.9 Å². The first-order valence-corrected chi connectivity index (χ1v) is 8.92. The van der Waals surface area contributed by atoms with E-state index in [4.69, 9.17) is 17.0 Å². The summed E-state index contributed by atoms with van der Waals surface area (Å²) in [7, 11) is 0. The standard InChI is InChI=1S/C18H27N3O2S/c1-11(2)13-7-5-8-14(12(3)4)16(13)19-18(24)21-20-17(22)15-9-6-10-23-15/h5,7-8,11-12,15H,6,9-10H2,1-4H3,(H,20,22)(H2,19,21,24)/t15-/m1/s1. The van der Waals surface area contributed by atoms with Crippen molar-refractivity contribution in [1.29, 1.82) is 0 Å². The fourth-order valence-corrected chi connectivity index (χ4v) is 2.98. The number of thiocarbonyl (C=S) groups is 1. The predicted octanol–water partition coefficient (Wildman–Crippen LogP) is 3.43. The van der Waals surface area contributed by atoms with Crippen LogP contribution in [0.5, 0.6) is 0 Å². The number of carbonyl (C=O) groups excluding carboxylic acids is 1. The molecule has 1 aliphatic heterocycles. The second-order valence-corrected chi connectivity index (χ2v) is 7.10. The summed E-state index contributed by atoms with van der Waals surface area (Å²) in [4.78, 5) is 12.0. The third kappa shape index (κ3) is 4.68. The van der Waals surface area contributed by atoms with Gasteiger partial charge in [0.05, 0.1) is 0 Å². The third-order valence-electron chi connectivity index (χ3n) is 4.13. The van der Waals surface area contributed by atoms with E-state index in [1.807, 2.05) is 0 Å². The van der Waals surface area contributed by atoms with Crippen molar-refractivity contribution < 1.29 is 9.53 Å². The summed E-state index contributed by atoms with van der Waals surface area (Å²) in [5.41, 5.74) is 8.83. The molecule has 1 amide bonds. The Morgan fingerprint density at radius 2 is 1.79 bits per heavy atom. The van der Waals surface area contributed by atoms with Gasteiger partial charge in [-0.3, -0.25) is 15.6 Å². The molecule has 5 nitrogen and oxygen atoms in total. The molecule has 0 spiro atoms. The summed E-state index contributed by atoms with van der Waals surface area (Å²) in [6.07, 6.45) is 1.29. The van der Waals surface area contributed by atoms with Crippen LogP contribution in [0.2, 0.25) is 0 Å². The van der Waals surface area contributed by atoms with E-state index in [9.17, 15) is 4.79 Å². The molecule has 1 aliphatic rings. The summed E-state index contributed by atoms with van der Waals surface area (Å²) in [5, 5.41) is 3.62. The van der Waals surface area contributed by atoms with Crippen molar-refractivity contribution in [3.63, 3.8) is 0 Å². The van der Waals surface area contributed by atoms with E-state index in [1.165, 1.54) is 11.1 Å². The highest BCUT2D eigenvalue weighted by molar-refractivity contribution is 7.80. The predicted molar refractivity (Wildman–Crippen MR) is 101 cm³/mol. The Morgan fingerprint density at radius 3 is 2.29 bits per heavy atom. The zero-order valence-electron chi connectivity index (χ0n) is 14.8. The van der Waals surface area contributed by atoms with Crippen molar-refractivity contribution in [2.24, 2.45) is 0 Å². The molecule has 2 rings (SSSR count). The first-order chi connectivity index (χ1) is 11.4. The maximum atomic E-state index is 12.0. The van der Waals surface area contributed by atoms with Crippen LogP contribution in [0.25, 0.3) is 0 Å². The van der Waals surface area contributed by atoms with E-state index < -0.39 is 0 Å². The van der Waals surface area contributed by atoms with Gasteiger partial charge >= 0.3 is 0 Å². The molecule has 1 heterocycles. The Hall–Kier alpha value is -1.66. The van der Waals surface area contributed by atoms with Crippen LogP contribution in [0.3, 0.4) is 0 Å². The smallest absolute Gasteiger partial charge is 0.267 e. The second kappa shape index (κ2) is 8.44. The lowest BCUT2D eigenvalue weighted by Gasteiger charge is -2.22. The molecule has 3 N–H and O–H groups in total. The van der Waals surface area contributed by atoms with Crippen LogP contribution in [0.1, 0.15) is 63.5 Å². The number of hydrogen-bond donors (Lipinski definition) is 3. The number of carbonyl (C=O) groups is 1. The van der Waals surface area contributed by atoms with Crippen LogP contribution in [0.15, 0.2) is 18.2 Å². The van der Waals surface area contributed by atoms with Gasteiger partial charge in [0, 0.05) is 12.3 Å². The summed E-state index contributed by atoms with van der Waals surface area (Å²) in [5.74, 6) is 0.559. The SMILES string of the molecule is CC(C)c1cccc(C(C)C)c1NC(=S)NNC(=O)[C@H]1CCCO1. The molecule has 0 bridgehead atoms. The lowest BCUT2D eigenvalue weighted by atomic mass is 9.93. The van der Waals surface area contributed by atoms with Crippen LogP contribution in [0, 0.1) is 0 Å². The van der Waals surface area contributed by atoms with E-state index in [1.54, 1.807) is 0 Å². The van der Waals surface area contributed by atoms with Crippen LogP contribution in [0.4, 0.5) is 5.69 Å². The Balaban J connectivity index is 2.03. The van der Waals surface area contributed by atoms with Crippen molar-refractivity contribution in [3.05, 3.63) is 29.3 Å². The van der Waals surface area contributed by atoms with Gasteiger partial charge in [-0.1, -0.05) is 45.9 Å². The second-order valence-electron chi connectivity index (χ2n) is 6.69. The lowest BCUT2D eigenvalue weighted by Crippen LogP contribution is -2.47. The molecule has 132 valence electrons. The highest BCUT2D eigenvalue weighted by atomic mass is 32.1. The largest absolute Gasteiger partial charge is 0.368 e. The molecule has 1 aromatic carbocycles. The molecule has 1 aromatic rings. The van der Waals surface area contributed by atoms with Crippen molar-refractivity contribution in [2.75, 3.05) is 11.9 Å². The normalized spacial score (nSPS) is 17.2. The van der Waals surface area contributed by atoms with Gasteiger partial charge in [0.15, 0.2) is 5.11 Å². The zero-order valence-corrected chi connectivity index (χ0v) is 15.6. The summed E-state index contributed by atoms with van der Waals surface area (Å²) >= 11 is 5.34. The number of hydrazine groups is 1. The fourth-order valence-electron chi connectivity index (χ4n) is 2.82. The monoisotopic (exact) mass is 349 g/mol. The Kier molecular flexibility index (Phi) is 6.57. The molecule has 0 radical (unpaired) electrons. The number of amides is 1. The number of benzene rings is 1. The van der Waals surface area contributed by atoms with Gasteiger partial charge in [-0.15, -0.1) is 0 Å². The Labute approximate surface area is 149 Å². The van der Waals surface area contributed by atoms with Gasteiger partial charge in [0.2, 0.25) is 0 Å². The fraction of sp³-hybridized carbons (Fsp3) is 0.556. The minimum atomic E-state index is -0.380. The van der Waals surface area contributed by atoms with E-state index in [-0.39, 0.29) is 12.0 Å². The quantitative estimate of drug-likeness (QED) is 0.574. The van der Waals surface area contributed by atoms with E-state index in [2.05, 4.69) is 62.1 Å². The van der Waals surface area contributed by atoms with Crippen molar-refractivity contribution in [3.8, 4) is 0 Å². The number of para-hydroxylation sites is 1. The topological polar surface area (TPSA) is 62.4 Å². The third-order valence-corrected chi connectivity index (χ3v) is 4.34. The number of rotatable bonds is 4. The summed E-state index contributed by atoms with van der Waals surface area (Å²) in [6, 6.07) is 6.28. The molecular weight excluding hydrogens is 322 g/mol. The number of anilines is 1. The van der Waals surface area contributed by atoms with Gasteiger partial charge in [-0.25, -0.2) is 0 Å². The van der Waals surface area contributed by atoms with E-state index >= 15 is 0 Å². The minimum Gasteiger partial charge on any atom is -0.368 e. The summed E-state index contributed by atoms with van der Waals surface area (Å²) in [6.45, 7) is 9.25. The first-order valence-electron chi connectivity index (χ1n) is 8.51. The highest BCUT2D eigenvalue weighted by Gasteiger charge is 2.23. The molecule has 1 atom stereocenters. The molecule has 0 unspecified atom stereocenters. The minimum absolute atomic E-state index is 0.183. The van der Waals surface area contributed by atoms with Gasteiger partial charge < -0.3 is 10.1 Å². The van der Waals surface area contributed by atoms with Crippen molar-refractivity contribution in [2.45, 2.75) is 58.5 Å². The maximum Gasteiger partial charge on any atom is 0.267 e. The molecule has 6 heteroatoms. The number of nitrogens with one attached hydrogen (secondary N) is 3. The van der Waals surface area contributed by atoms with Crippen LogP contribution < -0.4 is 16.2 Å². The average Bonchev–Trinajstić information content (AvgIpc) is 3.06. The number of ether oxygens (including phenoxy) is 1. The van der Waals surface area contributed by atoms with Crippen LogP contribution in [-0.2, 0) is 9.53 Å². The highest BCUT2D eigenvalue weighted by Crippen LogP contribution is 2.32. The molecule has 0 aliphatic carbocycles.